The molecule has 5 heterocycles. The Balaban J connectivity index is 1.38. The van der Waals surface area contributed by atoms with Crippen molar-refractivity contribution >= 4 is 28.4 Å². The Morgan fingerprint density at radius 2 is 2.12 bits per heavy atom. The average Bonchev–Trinajstić information content (AvgIpc) is 3.23. The Bertz CT molecular complexity index is 1160. The maximum atomic E-state index is 13.4. The van der Waals surface area contributed by atoms with Gasteiger partial charge in [0.2, 0.25) is 11.9 Å². The van der Waals surface area contributed by atoms with E-state index in [1.807, 2.05) is 12.1 Å². The molecule has 3 N–H and O–H groups in total. The topological polar surface area (TPSA) is 108 Å². The number of aryl methyl sites for hydroxylation is 1. The quantitative estimate of drug-likeness (QED) is 0.567. The number of aromatic nitrogens is 4. The number of hydrogen-bond donors (Lipinski definition) is 3. The van der Waals surface area contributed by atoms with E-state index in [9.17, 15) is 9.59 Å². The molecule has 1 amide bonds. The molecule has 168 valence electrons. The van der Waals surface area contributed by atoms with Crippen molar-refractivity contribution < 1.29 is 4.79 Å². The van der Waals surface area contributed by atoms with Gasteiger partial charge in [0.1, 0.15) is 12.2 Å². The molecule has 2 aliphatic heterocycles. The Morgan fingerprint density at radius 1 is 1.28 bits per heavy atom. The summed E-state index contributed by atoms with van der Waals surface area (Å²) in [5, 5.41) is 7.22. The van der Waals surface area contributed by atoms with Crippen molar-refractivity contribution in [3.8, 4) is 0 Å². The zero-order valence-electron chi connectivity index (χ0n) is 18.4. The number of rotatable bonds is 5. The number of amides is 1. The molecule has 32 heavy (non-hydrogen) atoms. The Labute approximate surface area is 186 Å². The molecule has 3 aromatic heterocycles. The van der Waals surface area contributed by atoms with E-state index in [1.165, 1.54) is 6.42 Å². The van der Waals surface area contributed by atoms with Gasteiger partial charge in [0.05, 0.1) is 12.2 Å². The second kappa shape index (κ2) is 8.64. The second-order valence-electron chi connectivity index (χ2n) is 8.79. The summed E-state index contributed by atoms with van der Waals surface area (Å²) < 4.78 is 1.54. The van der Waals surface area contributed by atoms with Crippen LogP contribution in [-0.4, -0.2) is 44.6 Å². The van der Waals surface area contributed by atoms with Crippen molar-refractivity contribution in [2.24, 2.45) is 0 Å². The summed E-state index contributed by atoms with van der Waals surface area (Å²) in [7, 11) is 0. The van der Waals surface area contributed by atoms with Gasteiger partial charge in [0, 0.05) is 48.1 Å². The van der Waals surface area contributed by atoms with Gasteiger partial charge in [0.25, 0.3) is 5.56 Å². The number of H-pyrrole nitrogens is 1. The Morgan fingerprint density at radius 3 is 2.94 bits per heavy atom. The molecule has 0 spiro atoms. The van der Waals surface area contributed by atoms with Crippen LogP contribution in [0.3, 0.4) is 0 Å². The molecule has 3 aromatic rings. The summed E-state index contributed by atoms with van der Waals surface area (Å²) in [6, 6.07) is 4.09. The summed E-state index contributed by atoms with van der Waals surface area (Å²) in [4.78, 5) is 40.7. The number of carbonyl (C=O) groups is 1. The van der Waals surface area contributed by atoms with Crippen LogP contribution in [0.1, 0.15) is 44.0 Å². The molecule has 9 nitrogen and oxygen atoms in total. The largest absolute Gasteiger partial charge is 0.377 e. The molecule has 0 aromatic carbocycles. The molecule has 0 saturated carbocycles. The first-order chi connectivity index (χ1) is 15.6. The lowest BCUT2D eigenvalue weighted by Gasteiger charge is -2.32. The third-order valence-electron chi connectivity index (χ3n) is 6.32. The zero-order chi connectivity index (χ0) is 22.1. The minimum atomic E-state index is -0.215. The number of aromatic amines is 1. The number of nitrogens with zero attached hydrogens (tertiary/aromatic N) is 4. The van der Waals surface area contributed by atoms with Gasteiger partial charge in [-0.05, 0) is 51.2 Å². The van der Waals surface area contributed by atoms with Crippen molar-refractivity contribution in [3.63, 3.8) is 0 Å². The standard InChI is InChI=1S/C23H29N7O2/c1-15-5-6-19-21(26-15)22(32)30(23(28-19)29-9-3-2-4-10-29)14-20(31)25-13-17-11-16-12-24-8-7-18(16)27-17/h7-8,11-12,15,26-27H,2-6,9-10,13-14H2,1H3,(H,25,31). The molecular formula is C23H29N7O2. The number of fused-ring (bicyclic) bond motifs is 2. The highest BCUT2D eigenvalue weighted by molar-refractivity contribution is 5.80. The number of nitrogens with one attached hydrogen (secondary N) is 3. The smallest absolute Gasteiger partial charge is 0.279 e. The van der Waals surface area contributed by atoms with Crippen LogP contribution >= 0.6 is 0 Å². The van der Waals surface area contributed by atoms with Gasteiger partial charge in [-0.3, -0.25) is 19.1 Å². The summed E-state index contributed by atoms with van der Waals surface area (Å²) >= 11 is 0. The third-order valence-corrected chi connectivity index (χ3v) is 6.32. The van der Waals surface area contributed by atoms with Crippen LogP contribution in [0, 0.1) is 0 Å². The van der Waals surface area contributed by atoms with Gasteiger partial charge in [-0.15, -0.1) is 0 Å². The van der Waals surface area contributed by atoms with Crippen LogP contribution in [0.25, 0.3) is 10.9 Å². The molecule has 1 fully saturated rings. The first kappa shape index (κ1) is 20.5. The first-order valence-corrected chi connectivity index (χ1v) is 11.4. The Hall–Kier alpha value is -3.36. The second-order valence-corrected chi connectivity index (χ2v) is 8.79. The van der Waals surface area contributed by atoms with Gasteiger partial charge in [-0.2, -0.15) is 0 Å². The number of hydrogen-bond acceptors (Lipinski definition) is 6. The maximum Gasteiger partial charge on any atom is 0.279 e. The van der Waals surface area contributed by atoms with Crippen molar-refractivity contribution in [1.82, 2.24) is 24.8 Å². The monoisotopic (exact) mass is 435 g/mol. The van der Waals surface area contributed by atoms with E-state index >= 15 is 0 Å². The van der Waals surface area contributed by atoms with Gasteiger partial charge < -0.3 is 20.5 Å². The van der Waals surface area contributed by atoms with Crippen LogP contribution in [0.4, 0.5) is 11.6 Å². The minimum absolute atomic E-state index is 0.0528. The number of piperidine rings is 1. The lowest BCUT2D eigenvalue weighted by Crippen LogP contribution is -2.42. The highest BCUT2D eigenvalue weighted by Gasteiger charge is 2.26. The molecular weight excluding hydrogens is 406 g/mol. The lowest BCUT2D eigenvalue weighted by molar-refractivity contribution is -0.121. The molecule has 9 heteroatoms. The fraction of sp³-hybridized carbons (Fsp3) is 0.478. The van der Waals surface area contributed by atoms with Crippen molar-refractivity contribution in [2.75, 3.05) is 23.3 Å². The molecule has 1 unspecified atom stereocenters. The van der Waals surface area contributed by atoms with E-state index in [0.29, 0.717) is 18.2 Å². The van der Waals surface area contributed by atoms with Gasteiger partial charge in [-0.1, -0.05) is 0 Å². The summed E-state index contributed by atoms with van der Waals surface area (Å²) in [6.45, 7) is 4.09. The maximum absolute atomic E-state index is 13.4. The SMILES string of the molecule is CC1CCc2nc(N3CCCCC3)n(CC(=O)NCc3cc4cnccc4[nH]3)c(=O)c2N1. The molecule has 2 aliphatic rings. The highest BCUT2D eigenvalue weighted by Crippen LogP contribution is 2.24. The molecule has 0 bridgehead atoms. The van der Waals surface area contributed by atoms with Crippen LogP contribution in [-0.2, 0) is 24.3 Å². The summed E-state index contributed by atoms with van der Waals surface area (Å²) in [5.74, 6) is 0.407. The van der Waals surface area contributed by atoms with Crippen molar-refractivity contribution in [1.29, 1.82) is 0 Å². The van der Waals surface area contributed by atoms with Gasteiger partial charge in [0.15, 0.2) is 0 Å². The zero-order valence-corrected chi connectivity index (χ0v) is 18.4. The molecule has 0 radical (unpaired) electrons. The van der Waals surface area contributed by atoms with E-state index < -0.39 is 0 Å². The minimum Gasteiger partial charge on any atom is -0.377 e. The molecule has 1 atom stereocenters. The van der Waals surface area contributed by atoms with Crippen molar-refractivity contribution in [3.05, 3.63) is 46.3 Å². The van der Waals surface area contributed by atoms with E-state index in [0.717, 1.165) is 61.1 Å². The van der Waals surface area contributed by atoms with Crippen LogP contribution in [0.15, 0.2) is 29.3 Å². The Kier molecular flexibility index (Phi) is 5.55. The van der Waals surface area contributed by atoms with E-state index in [4.69, 9.17) is 4.98 Å². The molecule has 1 saturated heterocycles. The average molecular weight is 436 g/mol. The normalized spacial score (nSPS) is 18.3. The van der Waals surface area contributed by atoms with Crippen LogP contribution in [0.5, 0.6) is 0 Å². The van der Waals surface area contributed by atoms with Crippen LogP contribution in [0.2, 0.25) is 0 Å². The number of pyridine rings is 1. The predicted octanol–water partition coefficient (Wildman–Crippen LogP) is 2.17. The summed E-state index contributed by atoms with van der Waals surface area (Å²) in [5.41, 5.74) is 3.07. The lowest BCUT2D eigenvalue weighted by atomic mass is 10.0. The predicted molar refractivity (Wildman–Crippen MR) is 124 cm³/mol. The van der Waals surface area contributed by atoms with Crippen LogP contribution < -0.4 is 21.1 Å². The van der Waals surface area contributed by atoms with Crippen molar-refractivity contribution in [2.45, 2.75) is 58.2 Å². The van der Waals surface area contributed by atoms with E-state index in [-0.39, 0.29) is 24.1 Å². The highest BCUT2D eigenvalue weighted by atomic mass is 16.2. The first-order valence-electron chi connectivity index (χ1n) is 11.4. The fourth-order valence-corrected chi connectivity index (χ4v) is 4.58. The van der Waals surface area contributed by atoms with Gasteiger partial charge in [-0.25, -0.2) is 4.98 Å². The number of anilines is 2. The number of carbonyl (C=O) groups excluding carboxylic acids is 1. The molecule has 5 rings (SSSR count). The third kappa shape index (κ3) is 4.06. The fourth-order valence-electron chi connectivity index (χ4n) is 4.58. The van der Waals surface area contributed by atoms with Gasteiger partial charge >= 0.3 is 0 Å². The summed E-state index contributed by atoms with van der Waals surface area (Å²) in [6.07, 6.45) is 8.58. The van der Waals surface area contributed by atoms with E-state index in [2.05, 4.69) is 32.4 Å². The molecule has 0 aliphatic carbocycles. The van der Waals surface area contributed by atoms with E-state index in [1.54, 1.807) is 17.0 Å².